The molecule has 4 aromatic rings. The summed E-state index contributed by atoms with van der Waals surface area (Å²) in [5.41, 5.74) is 1.44. The van der Waals surface area contributed by atoms with Gasteiger partial charge in [0.1, 0.15) is 0 Å². The monoisotopic (exact) mass is 520 g/mol. The Balaban J connectivity index is 1.63. The Morgan fingerprint density at radius 2 is 1.83 bits per heavy atom. The Hall–Kier alpha value is -4.11. The van der Waals surface area contributed by atoms with Crippen LogP contribution in [0.2, 0.25) is 0 Å². The maximum atomic E-state index is 12.9. The number of nitro groups is 1. The van der Waals surface area contributed by atoms with Gasteiger partial charge in [0.05, 0.1) is 26.6 Å². The lowest BCUT2D eigenvalue weighted by atomic mass is 10.2. The van der Waals surface area contributed by atoms with Gasteiger partial charge in [-0.2, -0.15) is 9.30 Å². The lowest BCUT2D eigenvalue weighted by Gasteiger charge is -2.17. The van der Waals surface area contributed by atoms with Gasteiger partial charge in [0.2, 0.25) is 10.0 Å². The molecule has 0 saturated heterocycles. The zero-order valence-electron chi connectivity index (χ0n) is 19.1. The van der Waals surface area contributed by atoms with Crippen LogP contribution in [-0.2, 0) is 23.1 Å². The number of hydrogen-bond donors (Lipinski definition) is 0. The fourth-order valence-corrected chi connectivity index (χ4v) is 5.69. The van der Waals surface area contributed by atoms with Gasteiger partial charge in [-0.25, -0.2) is 8.42 Å². The van der Waals surface area contributed by atoms with Crippen molar-refractivity contribution in [2.75, 3.05) is 7.05 Å². The highest BCUT2D eigenvalue weighted by Crippen LogP contribution is 2.23. The molecule has 0 aliphatic rings. The van der Waals surface area contributed by atoms with Crippen molar-refractivity contribution in [2.24, 2.45) is 4.99 Å². The summed E-state index contributed by atoms with van der Waals surface area (Å²) in [5.74, 6) is 1.88. The van der Waals surface area contributed by atoms with E-state index in [0.29, 0.717) is 10.2 Å². The second kappa shape index (κ2) is 10.2. The summed E-state index contributed by atoms with van der Waals surface area (Å²) in [6, 6.07) is 19.1. The first-order chi connectivity index (χ1) is 17.2. The Morgan fingerprint density at radius 3 is 2.47 bits per heavy atom. The topological polar surface area (TPSA) is 115 Å². The van der Waals surface area contributed by atoms with Gasteiger partial charge in [0.25, 0.3) is 11.6 Å². The number of carbonyl (C=O) groups excluding carboxylic acids is 1. The van der Waals surface area contributed by atoms with Crippen LogP contribution in [0.4, 0.5) is 5.69 Å². The van der Waals surface area contributed by atoms with Crippen LogP contribution in [0.15, 0.2) is 82.7 Å². The first-order valence-corrected chi connectivity index (χ1v) is 12.9. The zero-order valence-corrected chi connectivity index (χ0v) is 20.7. The van der Waals surface area contributed by atoms with Gasteiger partial charge in [-0.3, -0.25) is 14.9 Å². The zero-order chi connectivity index (χ0) is 25.9. The second-order valence-corrected chi connectivity index (χ2v) is 10.8. The Bertz CT molecular complexity index is 1670. The van der Waals surface area contributed by atoms with Crippen LogP contribution in [0.1, 0.15) is 15.9 Å². The lowest BCUT2D eigenvalue weighted by molar-refractivity contribution is -0.384. The number of non-ortho nitro benzene ring substituents is 1. The summed E-state index contributed by atoms with van der Waals surface area (Å²) < 4.78 is 29.4. The van der Waals surface area contributed by atoms with Crippen molar-refractivity contribution in [1.82, 2.24) is 8.87 Å². The van der Waals surface area contributed by atoms with Gasteiger partial charge in [0.15, 0.2) is 4.80 Å². The van der Waals surface area contributed by atoms with Crippen LogP contribution in [0.3, 0.4) is 0 Å². The first kappa shape index (κ1) is 25.0. The molecule has 9 nitrogen and oxygen atoms in total. The smallest absolute Gasteiger partial charge is 0.279 e. The largest absolute Gasteiger partial charge is 0.304 e. The van der Waals surface area contributed by atoms with Crippen LogP contribution in [-0.4, -0.2) is 35.2 Å². The fourth-order valence-electron chi connectivity index (χ4n) is 3.53. The minimum absolute atomic E-state index is 0.0500. The number of fused-ring (bicyclic) bond motifs is 1. The van der Waals surface area contributed by atoms with E-state index in [0.717, 1.165) is 5.56 Å². The quantitative estimate of drug-likeness (QED) is 0.209. The molecule has 36 heavy (non-hydrogen) atoms. The molecule has 182 valence electrons. The summed E-state index contributed by atoms with van der Waals surface area (Å²) in [6.07, 6.45) is 5.46. The number of terminal acetylenes is 1. The molecule has 0 fully saturated rings. The van der Waals surface area contributed by atoms with Crippen molar-refractivity contribution in [1.29, 1.82) is 0 Å². The highest BCUT2D eigenvalue weighted by Gasteiger charge is 2.21. The van der Waals surface area contributed by atoms with Crippen molar-refractivity contribution in [3.63, 3.8) is 0 Å². The summed E-state index contributed by atoms with van der Waals surface area (Å²) in [4.78, 5) is 28.0. The minimum atomic E-state index is -3.77. The third kappa shape index (κ3) is 5.11. The van der Waals surface area contributed by atoms with Crippen LogP contribution in [0.25, 0.3) is 10.2 Å². The molecule has 0 N–H and O–H groups in total. The number of benzene rings is 3. The number of nitrogens with zero attached hydrogens (tertiary/aromatic N) is 4. The molecule has 3 aromatic carbocycles. The van der Waals surface area contributed by atoms with Gasteiger partial charge in [0, 0.05) is 31.3 Å². The van der Waals surface area contributed by atoms with Crippen LogP contribution in [0, 0.1) is 22.5 Å². The number of amides is 1. The molecule has 0 spiro atoms. The van der Waals surface area contributed by atoms with Gasteiger partial charge in [-0.05, 0) is 35.9 Å². The predicted molar refractivity (Wildman–Crippen MR) is 137 cm³/mol. The standard InChI is InChI=1S/C25H20N4O5S2/c1-3-15-28-22-16-20(29(31)32)11-14-23(22)35-25(28)26-24(30)19-9-12-21(13-10-19)36(33,34)27(2)17-18-7-5-4-6-8-18/h1,4-14,16H,15,17H2,2H3. The predicted octanol–water partition coefficient (Wildman–Crippen LogP) is 3.81. The summed E-state index contributed by atoms with van der Waals surface area (Å²) in [7, 11) is -2.28. The molecule has 0 bridgehead atoms. The highest BCUT2D eigenvalue weighted by atomic mass is 32.2. The van der Waals surface area contributed by atoms with Crippen molar-refractivity contribution >= 4 is 43.2 Å². The number of sulfonamides is 1. The number of carbonyl (C=O) groups is 1. The fraction of sp³-hybridized carbons (Fsp3) is 0.120. The summed E-state index contributed by atoms with van der Waals surface area (Å²) in [5, 5.41) is 11.2. The number of thiazole rings is 1. The third-order valence-corrected chi connectivity index (χ3v) is 8.26. The van der Waals surface area contributed by atoms with E-state index in [2.05, 4.69) is 10.9 Å². The maximum Gasteiger partial charge on any atom is 0.279 e. The van der Waals surface area contributed by atoms with Gasteiger partial charge in [-0.15, -0.1) is 6.42 Å². The molecule has 0 aliphatic heterocycles. The van der Waals surface area contributed by atoms with E-state index >= 15 is 0 Å². The molecule has 0 aliphatic carbocycles. The highest BCUT2D eigenvalue weighted by molar-refractivity contribution is 7.89. The lowest BCUT2D eigenvalue weighted by Crippen LogP contribution is -2.26. The van der Waals surface area contributed by atoms with Gasteiger partial charge < -0.3 is 4.57 Å². The van der Waals surface area contributed by atoms with Crippen molar-refractivity contribution < 1.29 is 18.1 Å². The van der Waals surface area contributed by atoms with E-state index in [9.17, 15) is 23.3 Å². The molecular weight excluding hydrogens is 500 g/mol. The average Bonchev–Trinajstić information content (AvgIpc) is 3.21. The van der Waals surface area contributed by atoms with Gasteiger partial charge in [-0.1, -0.05) is 47.6 Å². The van der Waals surface area contributed by atoms with Crippen molar-refractivity contribution in [3.8, 4) is 12.3 Å². The summed E-state index contributed by atoms with van der Waals surface area (Å²) in [6.45, 7) is 0.274. The first-order valence-electron chi connectivity index (χ1n) is 10.6. The van der Waals surface area contributed by atoms with E-state index in [1.165, 1.54) is 59.1 Å². The van der Waals surface area contributed by atoms with E-state index < -0.39 is 20.9 Å². The molecule has 1 amide bonds. The molecule has 11 heteroatoms. The molecule has 1 aromatic heterocycles. The SMILES string of the molecule is C#CCn1c(=NC(=O)c2ccc(S(=O)(=O)N(C)Cc3ccccc3)cc2)sc2ccc([N+](=O)[O-])cc21. The average molecular weight is 521 g/mol. The number of rotatable bonds is 7. The van der Waals surface area contributed by atoms with E-state index in [-0.39, 0.29) is 34.0 Å². The minimum Gasteiger partial charge on any atom is -0.304 e. The van der Waals surface area contributed by atoms with E-state index in [4.69, 9.17) is 6.42 Å². The Labute approximate surface area is 211 Å². The molecular formula is C25H20N4O5S2. The molecule has 0 unspecified atom stereocenters. The number of aromatic nitrogens is 1. The van der Waals surface area contributed by atoms with E-state index in [1.54, 1.807) is 10.6 Å². The maximum absolute atomic E-state index is 12.9. The Morgan fingerprint density at radius 1 is 1.14 bits per heavy atom. The normalized spacial score (nSPS) is 12.1. The summed E-state index contributed by atoms with van der Waals surface area (Å²) >= 11 is 1.17. The van der Waals surface area contributed by atoms with Gasteiger partial charge >= 0.3 is 0 Å². The van der Waals surface area contributed by atoms with Crippen molar-refractivity contribution in [2.45, 2.75) is 18.0 Å². The molecule has 0 radical (unpaired) electrons. The molecule has 1 heterocycles. The number of nitro benzene ring substituents is 1. The van der Waals surface area contributed by atoms with Crippen LogP contribution in [0.5, 0.6) is 0 Å². The van der Waals surface area contributed by atoms with Crippen LogP contribution < -0.4 is 4.80 Å². The molecule has 4 rings (SSSR count). The molecule has 0 saturated carbocycles. The number of hydrogen-bond acceptors (Lipinski definition) is 6. The second-order valence-electron chi connectivity index (χ2n) is 7.77. The third-order valence-electron chi connectivity index (χ3n) is 5.38. The van der Waals surface area contributed by atoms with E-state index in [1.807, 2.05) is 30.3 Å². The Kier molecular flexibility index (Phi) is 7.12. The van der Waals surface area contributed by atoms with Crippen molar-refractivity contribution in [3.05, 3.63) is 98.8 Å². The molecule has 0 atom stereocenters. The van der Waals surface area contributed by atoms with Crippen LogP contribution >= 0.6 is 11.3 Å².